The van der Waals surface area contributed by atoms with Crippen molar-refractivity contribution >= 4 is 60.1 Å². The van der Waals surface area contributed by atoms with Gasteiger partial charge in [0.15, 0.2) is 0 Å². The molecule has 88 heavy (non-hydrogen) atoms. The lowest BCUT2D eigenvalue weighted by Gasteiger charge is -2.44. The Morgan fingerprint density at radius 2 is 0.875 bits per heavy atom. The number of hydrogen-bond acceptors (Lipinski definition) is 7. The minimum Gasteiger partial charge on any atom is -0.417 e. The molecule has 2 heterocycles. The van der Waals surface area contributed by atoms with E-state index in [1.807, 2.05) is 0 Å². The Hall–Kier alpha value is -4.77. The molecule has 7 aromatic carbocycles. The summed E-state index contributed by atoms with van der Waals surface area (Å²) < 4.78 is 54.8. The van der Waals surface area contributed by atoms with Crippen LogP contribution in [0.25, 0.3) is 0 Å². The zero-order valence-electron chi connectivity index (χ0n) is 53.4. The van der Waals surface area contributed by atoms with E-state index in [0.717, 1.165) is 42.5 Å². The van der Waals surface area contributed by atoms with Crippen LogP contribution in [0.2, 0.25) is 10.1 Å². The summed E-state index contributed by atoms with van der Waals surface area (Å²) in [4.78, 5) is 0. The molecule has 0 N–H and O–H groups in total. The van der Waals surface area contributed by atoms with Crippen LogP contribution in [-0.4, -0.2) is 54.3 Å². The Morgan fingerprint density at radius 1 is 0.489 bits per heavy atom. The van der Waals surface area contributed by atoms with Crippen LogP contribution >= 0.6 is 17.4 Å². The fourth-order valence-electron chi connectivity index (χ4n) is 15.1. The average molecular weight is 1260 g/mol. The Morgan fingerprint density at radius 3 is 1.25 bits per heavy atom. The molecule has 7 aromatic rings. The van der Waals surface area contributed by atoms with E-state index in [4.69, 9.17) is 31.7 Å². The summed E-state index contributed by atoms with van der Waals surface area (Å²) in [7, 11) is -8.44. The third-order valence-corrected chi connectivity index (χ3v) is 31.9. The number of rotatable bonds is 17. The van der Waals surface area contributed by atoms with E-state index in [9.17, 15) is 0 Å². The van der Waals surface area contributed by atoms with Crippen LogP contribution in [0.5, 0.6) is 11.5 Å². The zero-order valence-corrected chi connectivity index (χ0v) is 57.3. The molecule has 2 aliphatic carbocycles. The van der Waals surface area contributed by atoms with E-state index in [-0.39, 0.29) is 57.8 Å². The molecule has 11 heteroatoms. The van der Waals surface area contributed by atoms with E-state index >= 15 is 0 Å². The van der Waals surface area contributed by atoms with Crippen LogP contribution in [-0.2, 0) is 39.9 Å². The summed E-state index contributed by atoms with van der Waals surface area (Å²) in [5, 5.41) is 5.37. The van der Waals surface area contributed by atoms with Gasteiger partial charge in [-0.25, -0.2) is 0 Å². The van der Waals surface area contributed by atoms with E-state index in [0.29, 0.717) is 6.42 Å². The molecular weight excluding hydrogens is 1150 g/mol. The second kappa shape index (κ2) is 28.0. The van der Waals surface area contributed by atoms with Gasteiger partial charge >= 0.3 is 8.60 Å². The van der Waals surface area contributed by atoms with Crippen molar-refractivity contribution in [3.05, 3.63) is 208 Å². The SMILES string of the molecule is C.C.Cc1ccc(PO[C@H]2[C@H](OP3Oc4c(cc(C)cc4C4(C)CCCCC4)Cc4cc(C)cc(C5(C)CCCCC5)c4O3)[C@@H](CO[Si](c3ccccc3)(c3ccccc3)C(C)(C)C)O[C@@H]2CO[Si](c2ccccc2)(c2ccccc2)C(C)(C)C)c(C)c1. The van der Waals surface area contributed by atoms with Crippen LogP contribution in [0.3, 0.4) is 0 Å². The summed E-state index contributed by atoms with van der Waals surface area (Å²) in [5.41, 5.74) is 9.66. The van der Waals surface area contributed by atoms with Gasteiger partial charge in [0.05, 0.1) is 13.2 Å². The van der Waals surface area contributed by atoms with Gasteiger partial charge in [-0.3, -0.25) is 4.52 Å². The van der Waals surface area contributed by atoms with Crippen molar-refractivity contribution in [1.82, 2.24) is 0 Å². The van der Waals surface area contributed by atoms with Gasteiger partial charge in [-0.1, -0.05) is 289 Å². The third kappa shape index (κ3) is 13.7. The number of benzene rings is 7. The smallest absolute Gasteiger partial charge is 0.417 e. The first-order valence-electron chi connectivity index (χ1n) is 32.0. The fourth-order valence-corrected chi connectivity index (χ4v) is 26.5. The lowest BCUT2D eigenvalue weighted by atomic mass is 9.69. The van der Waals surface area contributed by atoms with Crippen molar-refractivity contribution in [2.24, 2.45) is 0 Å². The fraction of sp³-hybridized carbons (Fsp3) is 0.455. The topological polar surface area (TPSA) is 64.6 Å². The maximum atomic E-state index is 8.00. The highest BCUT2D eigenvalue weighted by molar-refractivity contribution is 7.42. The quantitative estimate of drug-likeness (QED) is 0.0665. The minimum atomic E-state index is -3.14. The van der Waals surface area contributed by atoms with Crippen molar-refractivity contribution in [2.75, 3.05) is 13.2 Å². The molecule has 11 rings (SSSR count). The Balaban J connectivity index is 0.00000461. The van der Waals surface area contributed by atoms with Crippen LogP contribution in [0, 0.1) is 27.7 Å². The molecule has 5 atom stereocenters. The summed E-state index contributed by atoms with van der Waals surface area (Å²) >= 11 is 0. The van der Waals surface area contributed by atoms with Crippen LogP contribution in [0.4, 0.5) is 0 Å². The number of aryl methyl sites for hydroxylation is 4. The lowest BCUT2D eigenvalue weighted by molar-refractivity contribution is -0.0304. The van der Waals surface area contributed by atoms with Gasteiger partial charge < -0.3 is 27.2 Å². The normalized spacial score (nSPS) is 20.5. The van der Waals surface area contributed by atoms with Crippen LogP contribution in [0.1, 0.15) is 179 Å². The van der Waals surface area contributed by atoms with Crippen molar-refractivity contribution in [3.63, 3.8) is 0 Å². The summed E-state index contributed by atoms with van der Waals surface area (Å²) in [6.07, 6.45) is 9.78. The number of hydrogen-bond donors (Lipinski definition) is 0. The van der Waals surface area contributed by atoms with Crippen LogP contribution < -0.4 is 35.1 Å². The van der Waals surface area contributed by atoms with E-state index in [2.05, 4.69) is 247 Å². The molecular formula is C77H102O7P2Si2. The maximum absolute atomic E-state index is 8.00. The zero-order chi connectivity index (χ0) is 60.5. The molecule has 2 aliphatic heterocycles. The molecule has 7 nitrogen and oxygen atoms in total. The molecule has 0 aromatic heterocycles. The van der Waals surface area contributed by atoms with Crippen molar-refractivity contribution < 1.29 is 31.7 Å². The number of fused-ring (bicyclic) bond motifs is 2. The Labute approximate surface area is 535 Å². The first kappa shape index (κ1) is 67.6. The third-order valence-electron chi connectivity index (χ3n) is 19.6. The second-order valence-electron chi connectivity index (χ2n) is 28.2. The first-order chi connectivity index (χ1) is 41.2. The molecule has 470 valence electrons. The van der Waals surface area contributed by atoms with Gasteiger partial charge in [0.2, 0.25) is 0 Å². The maximum Gasteiger partial charge on any atom is 0.463 e. The Bertz CT molecular complexity index is 3250. The summed E-state index contributed by atoms with van der Waals surface area (Å²) in [5.74, 6) is 1.81. The molecule has 0 spiro atoms. The molecule has 0 bridgehead atoms. The molecule has 3 fully saturated rings. The molecule has 0 amide bonds. The predicted octanol–water partition coefficient (Wildman–Crippen LogP) is 17.8. The molecule has 0 radical (unpaired) electrons. The van der Waals surface area contributed by atoms with E-state index in [1.54, 1.807) is 0 Å². The highest BCUT2D eigenvalue weighted by atomic mass is 31.2. The standard InChI is InChI=1S/C75H94O7P2Si2.2CH4/c1-53-39-40-67(56(4)45-53)83-79-70-65(51-76-85(72(5,6)7,59-31-19-13-20-32-59)60-33-21-14-22-34-60)78-66(52-77-86(73(8,9)10,61-35-23-15-24-36-61)62-37-25-16-26-38-62)71(70)82-84-80-68-57(46-54(2)48-63(68)74(11)41-27-17-28-42-74)50-58-47-55(3)49-64(69(58)81-84)75(12)43-29-18-30-44-75;;/h13-16,19-26,31-40,45-49,65-66,70-71,83H,17-18,27-30,41-44,50-52H2,1-12H3;2*1H4/t65-,66-,70-,71-;;/m1../s1. The summed E-state index contributed by atoms with van der Waals surface area (Å²) in [6, 6.07) is 59.9. The van der Waals surface area contributed by atoms with Crippen molar-refractivity contribution in [1.29, 1.82) is 0 Å². The largest absolute Gasteiger partial charge is 0.463 e. The van der Waals surface area contributed by atoms with E-state index in [1.165, 1.54) is 104 Å². The highest BCUT2D eigenvalue weighted by Gasteiger charge is 2.57. The van der Waals surface area contributed by atoms with Gasteiger partial charge in [-0.05, 0) is 112 Å². The lowest BCUT2D eigenvalue weighted by Crippen LogP contribution is -2.67. The monoisotopic (exact) mass is 1260 g/mol. The van der Waals surface area contributed by atoms with Gasteiger partial charge in [-0.15, -0.1) is 0 Å². The molecule has 4 aliphatic rings. The number of ether oxygens (including phenoxy) is 1. The highest BCUT2D eigenvalue weighted by Crippen LogP contribution is 2.57. The first-order valence-corrected chi connectivity index (χ1v) is 37.8. The second-order valence-corrected chi connectivity index (χ2v) is 38.8. The van der Waals surface area contributed by atoms with Crippen LogP contribution in [0.15, 0.2) is 164 Å². The van der Waals surface area contributed by atoms with Gasteiger partial charge in [-0.2, -0.15) is 0 Å². The molecule has 2 saturated carbocycles. The van der Waals surface area contributed by atoms with Gasteiger partial charge in [0, 0.05) is 31.7 Å². The average Bonchev–Trinajstić information content (AvgIpc) is 1.23. The molecule has 1 unspecified atom stereocenters. The Kier molecular flexibility index (Phi) is 21.5. The summed E-state index contributed by atoms with van der Waals surface area (Å²) in [6.45, 7) is 28.3. The minimum absolute atomic E-state index is 0. The van der Waals surface area contributed by atoms with Gasteiger partial charge in [0.25, 0.3) is 16.6 Å². The van der Waals surface area contributed by atoms with E-state index < -0.39 is 49.7 Å². The predicted molar refractivity (Wildman–Crippen MR) is 377 cm³/mol. The molecule has 1 saturated heterocycles. The van der Waals surface area contributed by atoms with Gasteiger partial charge in [0.1, 0.15) is 35.9 Å². The van der Waals surface area contributed by atoms with Crippen molar-refractivity contribution in [3.8, 4) is 11.5 Å². The van der Waals surface area contributed by atoms with Crippen molar-refractivity contribution in [2.45, 2.75) is 214 Å².